The minimum absolute atomic E-state index is 0.0541. The number of hydrogen-bond donors (Lipinski definition) is 31. The monoisotopic (exact) mass is 1700 g/mol. The number of nitrogens with two attached hydrogens (primary N) is 8. The van der Waals surface area contributed by atoms with Gasteiger partial charge in [0.25, 0.3) is 0 Å². The van der Waals surface area contributed by atoms with Gasteiger partial charge in [0, 0.05) is 30.0 Å². The number of benzene rings is 1. The predicted octanol–water partition coefficient (Wildman–Crippen LogP) is -9.14. The summed E-state index contributed by atoms with van der Waals surface area (Å²) in [6.07, 6.45) is -3.75. The number of carboxylic acid groups (broad SMARTS) is 1. The second-order valence-electron chi connectivity index (χ2n) is 28.8. The van der Waals surface area contributed by atoms with E-state index in [9.17, 15) is 92.3 Å². The summed E-state index contributed by atoms with van der Waals surface area (Å²) < 4.78 is -1.56. The Balaban J connectivity index is 3.65. The van der Waals surface area contributed by atoms with Crippen LogP contribution in [0.1, 0.15) is 150 Å². The van der Waals surface area contributed by atoms with Crippen molar-refractivity contribution in [2.45, 2.75) is 253 Å². The number of unbranched alkanes of at least 4 members (excludes halogenated alkanes) is 2. The lowest BCUT2D eigenvalue weighted by molar-refractivity contribution is -0.142. The molecule has 0 aliphatic heterocycles. The van der Waals surface area contributed by atoms with Crippen molar-refractivity contribution < 1.29 is 92.3 Å². The van der Waals surface area contributed by atoms with E-state index in [0.29, 0.717) is 31.2 Å². The number of aromatic hydroxyl groups is 1. The summed E-state index contributed by atoms with van der Waals surface area (Å²) in [5, 5.41) is 93.6. The molecule has 46 heteroatoms. The zero-order chi connectivity index (χ0) is 89.0. The summed E-state index contributed by atoms with van der Waals surface area (Å²) in [6.45, 7) is 9.74. The standard InChI is InChI=1S/C71H127N25O19S2/c1-8-10-15-46(68(114)115)90-56(102)42(18-14-31-83-70(80)81)85-58(104)43(23-27-73)88-63(109)49(34-116)93-57(103)40(16-11-12-26-72)84-59(105)44(24-28-74)89-65(111)52(36(4)97)94-60(106)45(25-29-75)87-55(101)41(17-13-30-82-69(78)79)86-61(107)48(33-50(76)100)92-67(113)54(71(6,7)117)96-62(108)47(32-38-19-21-39(99)22-20-38)91-66(112)53(37(5)98)95-64(110)51(77)35(3)9-2/h19-22,35-37,40-49,51-54,97-99,116-117H,8-18,23-34,72-75,77H2,1-7H3,(H2,76,100)(H,84,105)(H,85,104)(H,86,107)(H,87,101)(H,88,109)(H,89,111)(H,90,102)(H,91,112)(H,92,113)(H,93,103)(H,94,106)(H,95,110)(H,96,108)(H,114,115)(H4,78,79,82)(H4,80,81,83)/t35-,36+,37+,40-,41-,42-,43-,44+,45-,46-,47-,48-,49-,51-,52-,53-,54+/m0/s1. The number of rotatable bonds is 58. The van der Waals surface area contributed by atoms with Gasteiger partial charge in [-0.2, -0.15) is 25.3 Å². The fourth-order valence-electron chi connectivity index (χ4n) is 11.3. The fourth-order valence-corrected chi connectivity index (χ4v) is 11.8. The molecule has 0 radical (unpaired) electrons. The molecule has 0 aliphatic rings. The Morgan fingerprint density at radius 1 is 0.436 bits per heavy atom. The minimum atomic E-state index is -1.95. The average Bonchev–Trinajstić information content (AvgIpc) is 0.825. The molecule has 117 heavy (non-hydrogen) atoms. The molecule has 17 atom stereocenters. The minimum Gasteiger partial charge on any atom is -0.508 e. The molecule has 14 amide bonds. The van der Waals surface area contributed by atoms with Crippen LogP contribution in [0.5, 0.6) is 5.75 Å². The van der Waals surface area contributed by atoms with Gasteiger partial charge in [-0.25, -0.2) is 4.79 Å². The molecule has 662 valence electrons. The molecule has 1 aromatic rings. The highest BCUT2D eigenvalue weighted by molar-refractivity contribution is 7.81. The number of nitrogens with one attached hydrogen (secondary N) is 17. The highest BCUT2D eigenvalue weighted by Crippen LogP contribution is 2.21. The van der Waals surface area contributed by atoms with Crippen LogP contribution < -0.4 is 126 Å². The molecule has 44 nitrogen and oxygen atoms in total. The van der Waals surface area contributed by atoms with E-state index >= 15 is 0 Å². The number of carbonyl (C=O) groups excluding carboxylic acids is 14. The van der Waals surface area contributed by atoms with Crippen molar-refractivity contribution in [3.63, 3.8) is 0 Å². The maximum atomic E-state index is 14.5. The van der Waals surface area contributed by atoms with Crippen molar-refractivity contribution in [3.05, 3.63) is 29.8 Å². The van der Waals surface area contributed by atoms with E-state index in [-0.39, 0.29) is 128 Å². The Kier molecular flexibility index (Phi) is 49.2. The van der Waals surface area contributed by atoms with Crippen LogP contribution in [0.3, 0.4) is 0 Å². The number of guanidine groups is 2. The van der Waals surface area contributed by atoms with Crippen LogP contribution in [0.4, 0.5) is 0 Å². The molecule has 0 aliphatic carbocycles. The first kappa shape index (κ1) is 105. The van der Waals surface area contributed by atoms with Gasteiger partial charge in [-0.05, 0) is 148 Å². The number of carboxylic acids is 1. The number of hydrogen-bond acceptors (Lipinski definition) is 27. The van der Waals surface area contributed by atoms with E-state index in [1.165, 1.54) is 45.0 Å². The Morgan fingerprint density at radius 3 is 1.15 bits per heavy atom. The third-order valence-electron chi connectivity index (χ3n) is 18.3. The maximum Gasteiger partial charge on any atom is 0.326 e. The normalized spacial score (nSPS) is 15.6. The van der Waals surface area contributed by atoms with Crippen molar-refractivity contribution in [3.8, 4) is 5.75 Å². The number of aliphatic carboxylic acids is 1. The molecule has 0 spiro atoms. The summed E-state index contributed by atoms with van der Waals surface area (Å²) in [5.74, 6) is -17.8. The topological polar surface area (TPSA) is 773 Å². The van der Waals surface area contributed by atoms with Gasteiger partial charge < -0.3 is 146 Å². The first-order chi connectivity index (χ1) is 54.9. The molecule has 0 heterocycles. The Morgan fingerprint density at radius 2 is 0.778 bits per heavy atom. The van der Waals surface area contributed by atoms with Crippen molar-refractivity contribution in [2.24, 2.45) is 51.8 Å². The number of thiol groups is 2. The zero-order valence-corrected chi connectivity index (χ0v) is 69.1. The Bertz CT molecular complexity index is 3450. The van der Waals surface area contributed by atoms with Gasteiger partial charge in [0.1, 0.15) is 84.3 Å². The average molecular weight is 1700 g/mol. The molecule has 1 rings (SSSR count). The molecule has 1 aromatic carbocycles. The van der Waals surface area contributed by atoms with E-state index in [4.69, 9.17) is 56.7 Å². The molecular weight excluding hydrogens is 1570 g/mol. The van der Waals surface area contributed by atoms with Gasteiger partial charge in [0.15, 0.2) is 11.9 Å². The lowest BCUT2D eigenvalue weighted by atomic mass is 9.98. The molecule has 0 saturated heterocycles. The number of carbonyl (C=O) groups is 15. The molecule has 0 unspecified atom stereocenters. The van der Waals surface area contributed by atoms with Gasteiger partial charge in [-0.15, -0.1) is 0 Å². The van der Waals surface area contributed by atoms with Gasteiger partial charge in [0.2, 0.25) is 82.7 Å². The lowest BCUT2D eigenvalue weighted by Gasteiger charge is -2.33. The Hall–Kier alpha value is -9.97. The number of phenolic OH excluding ortho intramolecular Hbond substituents is 1. The number of amides is 14. The van der Waals surface area contributed by atoms with Crippen LogP contribution in [0.15, 0.2) is 24.3 Å². The van der Waals surface area contributed by atoms with E-state index in [0.717, 1.165) is 6.92 Å². The predicted molar refractivity (Wildman–Crippen MR) is 438 cm³/mol. The van der Waals surface area contributed by atoms with Gasteiger partial charge in [-0.1, -0.05) is 52.2 Å². The van der Waals surface area contributed by atoms with Crippen molar-refractivity contribution in [1.29, 1.82) is 10.8 Å². The summed E-state index contributed by atoms with van der Waals surface area (Å²) in [4.78, 5) is 208. The summed E-state index contributed by atoms with van der Waals surface area (Å²) >= 11 is 8.81. The largest absolute Gasteiger partial charge is 0.508 e. The molecule has 0 saturated carbocycles. The summed E-state index contributed by atoms with van der Waals surface area (Å²) in [5.41, 5.74) is 46.4. The smallest absolute Gasteiger partial charge is 0.326 e. The number of aliphatic hydroxyl groups excluding tert-OH is 2. The first-order valence-corrected chi connectivity index (χ1v) is 39.7. The van der Waals surface area contributed by atoms with E-state index in [1.54, 1.807) is 13.8 Å². The number of phenols is 1. The Labute approximate surface area is 690 Å². The second kappa shape index (κ2) is 54.8. The van der Waals surface area contributed by atoms with Crippen LogP contribution >= 0.6 is 25.3 Å². The van der Waals surface area contributed by atoms with E-state index in [1.807, 2.05) is 6.92 Å². The SMILES string of the molecule is CCCC[C@H](NC(=O)[C@H](CCCNC(=N)N)NC(=O)[C@H](CCN)NC(=O)[C@H](CS)NC(=O)[C@H](CCCCN)NC(=O)[C@@H](CCN)NC(=O)[C@@H](NC(=O)[C@H](CCN)NC(=O)[C@H](CCCNC(=N)N)NC(=O)[C@H](CC(N)=O)NC(=O)[C@@H](NC(=O)[C@H](Cc1ccc(O)cc1)NC(=O)[C@@H](NC(=O)[C@@H](N)[C@@H](C)CC)[C@@H](C)O)C(C)(C)S)[C@@H](C)O)C(=O)O. The molecule has 0 aromatic heterocycles. The molecule has 37 N–H and O–H groups in total. The molecule has 0 bridgehead atoms. The quantitative estimate of drug-likeness (QED) is 0.0125. The zero-order valence-electron chi connectivity index (χ0n) is 67.3. The van der Waals surface area contributed by atoms with Gasteiger partial charge in [0.05, 0.1) is 24.7 Å². The summed E-state index contributed by atoms with van der Waals surface area (Å²) in [6, 6.07) is -16.7. The van der Waals surface area contributed by atoms with Crippen LogP contribution in [-0.2, 0) is 78.3 Å². The molecular formula is C71H127N25O19S2. The third kappa shape index (κ3) is 39.7. The van der Waals surface area contributed by atoms with Crippen molar-refractivity contribution in [1.82, 2.24) is 79.8 Å². The van der Waals surface area contributed by atoms with E-state index in [2.05, 4.69) is 105 Å². The first-order valence-electron chi connectivity index (χ1n) is 38.6. The van der Waals surface area contributed by atoms with E-state index < -0.39 is 208 Å². The van der Waals surface area contributed by atoms with Crippen molar-refractivity contribution >= 4 is 126 Å². The highest BCUT2D eigenvalue weighted by atomic mass is 32.1. The second-order valence-corrected chi connectivity index (χ2v) is 30.3. The molecule has 0 fully saturated rings. The van der Waals surface area contributed by atoms with Gasteiger partial charge in [-0.3, -0.25) is 77.9 Å². The lowest BCUT2D eigenvalue weighted by Crippen LogP contribution is -2.64. The van der Waals surface area contributed by atoms with Crippen LogP contribution in [0.2, 0.25) is 0 Å². The van der Waals surface area contributed by atoms with Crippen LogP contribution in [-0.4, -0.2) is 268 Å². The summed E-state index contributed by atoms with van der Waals surface area (Å²) in [7, 11) is 0. The van der Waals surface area contributed by atoms with Crippen molar-refractivity contribution in [2.75, 3.05) is 45.0 Å². The van der Waals surface area contributed by atoms with Crippen LogP contribution in [0.25, 0.3) is 0 Å². The third-order valence-corrected chi connectivity index (χ3v) is 19.0. The fraction of sp³-hybridized carbons (Fsp3) is 0.676. The van der Waals surface area contributed by atoms with Crippen LogP contribution in [0, 0.1) is 16.7 Å². The highest BCUT2D eigenvalue weighted by Gasteiger charge is 2.42. The number of primary amides is 1. The van der Waals surface area contributed by atoms with Gasteiger partial charge >= 0.3 is 5.97 Å². The maximum absolute atomic E-state index is 14.5. The number of aliphatic hydroxyl groups is 2.